The van der Waals surface area contributed by atoms with E-state index < -0.39 is 11.9 Å². The summed E-state index contributed by atoms with van der Waals surface area (Å²) < 4.78 is 0. The third-order valence-corrected chi connectivity index (χ3v) is 0. The van der Waals surface area contributed by atoms with E-state index in [0.29, 0.717) is 0 Å². The Morgan fingerprint density at radius 3 is 0.467 bits per heavy atom. The smallest absolute Gasteiger partial charge is 1.00 e. The minimum absolute atomic E-state index is 0. The molecule has 0 aromatic carbocycles. The van der Waals surface area contributed by atoms with Crippen LogP contribution in [0.15, 0.2) is 0 Å². The van der Waals surface area contributed by atoms with Gasteiger partial charge < -0.3 is 57.7 Å². The van der Waals surface area contributed by atoms with Crippen molar-refractivity contribution in [3.63, 3.8) is 0 Å². The van der Waals surface area contributed by atoms with Gasteiger partial charge in [0, 0.05) is 0 Å². The SMILES string of the molecule is O.O.O.O.O.O.[Cl-].[Cl-].[Cl][Pt]([Cl])([Cl])[Cl].[K+].[K+]. The van der Waals surface area contributed by atoms with Crippen molar-refractivity contribution in [2.75, 3.05) is 0 Å². The number of rotatable bonds is 0. The molecule has 0 spiro atoms. The zero-order valence-corrected chi connectivity index (χ0v) is 20.6. The van der Waals surface area contributed by atoms with Crippen molar-refractivity contribution >= 4 is 37.7 Å². The maximum atomic E-state index is 5.01. The summed E-state index contributed by atoms with van der Waals surface area (Å²) in [5, 5.41) is 0. The van der Waals surface area contributed by atoms with Crippen LogP contribution in [0.3, 0.4) is 0 Å². The van der Waals surface area contributed by atoms with Gasteiger partial charge in [0.25, 0.3) is 0 Å². The first-order valence-corrected chi connectivity index (χ1v) is 11.7. The molecule has 0 heterocycles. The van der Waals surface area contributed by atoms with Crippen molar-refractivity contribution in [3.05, 3.63) is 0 Å². The summed E-state index contributed by atoms with van der Waals surface area (Å²) in [6, 6.07) is 0. The van der Waals surface area contributed by atoms with Crippen LogP contribution in [-0.4, -0.2) is 32.9 Å². The molecule has 0 saturated heterocycles. The monoisotopic (exact) mass is 591 g/mol. The van der Waals surface area contributed by atoms with Gasteiger partial charge in [-0.15, -0.1) is 0 Å². The molecule has 6 nitrogen and oxygen atoms in total. The van der Waals surface area contributed by atoms with Crippen LogP contribution in [0, 0.1) is 0 Å². The Kier molecular flexibility index (Phi) is 291. The summed E-state index contributed by atoms with van der Waals surface area (Å²) in [6.07, 6.45) is 0. The van der Waals surface area contributed by atoms with Gasteiger partial charge in [0.1, 0.15) is 0 Å². The fourth-order valence-corrected chi connectivity index (χ4v) is 0. The third-order valence-electron chi connectivity index (χ3n) is 0. The predicted octanol–water partition coefficient (Wildman–Crippen LogP) is -14.2. The summed E-state index contributed by atoms with van der Waals surface area (Å²) in [4.78, 5) is 0. The molecule has 0 bridgehead atoms. The second-order valence-electron chi connectivity index (χ2n) is 0.271. The summed E-state index contributed by atoms with van der Waals surface area (Å²) in [7, 11) is 20.0. The number of halogens is 6. The first-order valence-electron chi connectivity index (χ1n) is 0.478. The van der Waals surface area contributed by atoms with Gasteiger partial charge in [0.2, 0.25) is 0 Å². The van der Waals surface area contributed by atoms with Gasteiger partial charge in [0.05, 0.1) is 0 Å². The van der Waals surface area contributed by atoms with E-state index in [1.54, 1.807) is 0 Å². The molecule has 0 unspecified atom stereocenters. The Morgan fingerprint density at radius 1 is 0.467 bits per heavy atom. The topological polar surface area (TPSA) is 189 Å². The Hall–Kier alpha value is 5.46. The van der Waals surface area contributed by atoms with Crippen LogP contribution < -0.4 is 128 Å². The van der Waals surface area contributed by atoms with Gasteiger partial charge >= 0.3 is 152 Å². The average molecular weight is 594 g/mol. The molecule has 0 aliphatic rings. The molecule has 15 heavy (non-hydrogen) atoms. The van der Waals surface area contributed by atoms with Crippen molar-refractivity contribution in [2.24, 2.45) is 0 Å². The molecule has 0 aliphatic heterocycles. The average Bonchev–Trinajstić information content (AvgIpc) is 0.722. The Labute approximate surface area is 204 Å². The second kappa shape index (κ2) is 50.5. The van der Waals surface area contributed by atoms with Crippen molar-refractivity contribution in [1.82, 2.24) is 0 Å². The van der Waals surface area contributed by atoms with E-state index in [9.17, 15) is 0 Å². The van der Waals surface area contributed by atoms with Crippen LogP contribution in [0.4, 0.5) is 0 Å². The van der Waals surface area contributed by atoms with Gasteiger partial charge in [-0.05, 0) is 0 Å². The summed E-state index contributed by atoms with van der Waals surface area (Å²) in [5.41, 5.74) is 0. The minimum atomic E-state index is -3.06. The van der Waals surface area contributed by atoms with Crippen molar-refractivity contribution in [2.45, 2.75) is 0 Å². The zero-order chi connectivity index (χ0) is 4.50. The van der Waals surface area contributed by atoms with Crippen molar-refractivity contribution in [3.8, 4) is 0 Å². The Balaban J connectivity index is -0.00000000178. The summed E-state index contributed by atoms with van der Waals surface area (Å²) in [6.45, 7) is 0. The van der Waals surface area contributed by atoms with Crippen LogP contribution >= 0.6 is 37.7 Å². The van der Waals surface area contributed by atoms with Crippen LogP contribution in [0.1, 0.15) is 0 Å². The molecule has 0 rings (SSSR count). The fraction of sp³-hybridized carbons (Fsp3) is 0. The molecule has 0 amide bonds. The maximum absolute atomic E-state index is 5.01. The molecule has 0 radical (unpaired) electrons. The number of hydrogen-bond acceptors (Lipinski definition) is 0. The van der Waals surface area contributed by atoms with Crippen LogP contribution in [0.5, 0.6) is 0 Å². The molecule has 0 fully saturated rings. The molecular formula is H12Cl6K2O6Pt. The predicted molar refractivity (Wildman–Crippen MR) is 45.1 cm³/mol. The molecular weight excluding hydrogens is 582 g/mol. The zero-order valence-electron chi connectivity index (χ0n) is 7.58. The van der Waals surface area contributed by atoms with E-state index in [0.717, 1.165) is 0 Å². The normalized spacial score (nSPS) is 5.07. The maximum Gasteiger partial charge on any atom is 1.00 e. The van der Waals surface area contributed by atoms with E-state index >= 15 is 0 Å². The van der Waals surface area contributed by atoms with Gasteiger partial charge in [0.15, 0.2) is 0 Å². The first kappa shape index (κ1) is 86.6. The molecule has 102 valence electrons. The quantitative estimate of drug-likeness (QED) is 0.241. The second-order valence-corrected chi connectivity index (χ2v) is 20.0. The van der Waals surface area contributed by atoms with Crippen molar-refractivity contribution < 1.29 is 172 Å². The van der Waals surface area contributed by atoms with Crippen LogP contribution in [0.2, 0.25) is 0 Å². The van der Waals surface area contributed by atoms with Crippen molar-refractivity contribution in [1.29, 1.82) is 0 Å². The molecule has 0 aliphatic carbocycles. The minimum Gasteiger partial charge on any atom is 1.00 e. The molecule has 0 aromatic heterocycles. The third kappa shape index (κ3) is 199. The van der Waals surface area contributed by atoms with E-state index in [-0.39, 0.29) is 160 Å². The summed E-state index contributed by atoms with van der Waals surface area (Å²) in [5.74, 6) is 0. The Morgan fingerprint density at radius 2 is 0.467 bits per heavy atom. The molecule has 0 atom stereocenters. The van der Waals surface area contributed by atoms with E-state index in [2.05, 4.69) is 0 Å². The summed E-state index contributed by atoms with van der Waals surface area (Å²) >= 11 is -3.06. The Bertz CT molecular complexity index is 41.1. The van der Waals surface area contributed by atoms with Gasteiger partial charge in [-0.2, -0.15) is 0 Å². The molecule has 12 N–H and O–H groups in total. The first-order chi connectivity index (χ1) is 2.00. The van der Waals surface area contributed by atoms with E-state index in [4.69, 9.17) is 37.7 Å². The molecule has 0 aromatic rings. The molecule has 15 heteroatoms. The number of hydrogen-bond donors (Lipinski definition) is 0. The van der Waals surface area contributed by atoms with Gasteiger partial charge in [-0.1, -0.05) is 0 Å². The van der Waals surface area contributed by atoms with E-state index in [1.165, 1.54) is 0 Å². The van der Waals surface area contributed by atoms with Gasteiger partial charge in [-0.25, -0.2) is 0 Å². The largest absolute Gasteiger partial charge is 1.00 e. The van der Waals surface area contributed by atoms with Gasteiger partial charge in [-0.3, -0.25) is 0 Å². The van der Waals surface area contributed by atoms with Crippen LogP contribution in [0.25, 0.3) is 0 Å². The molecule has 0 saturated carbocycles. The van der Waals surface area contributed by atoms with Crippen LogP contribution in [-0.2, 0) is 11.9 Å². The fourth-order valence-electron chi connectivity index (χ4n) is 0. The van der Waals surface area contributed by atoms with E-state index in [1.807, 2.05) is 0 Å². The standard InChI is InChI=1S/6ClH.2K.6H2O.Pt/h6*1H;;;6*1H2;/q;;;;;;2*+1;;;;;;;+4/p-6.